The van der Waals surface area contributed by atoms with E-state index in [4.69, 9.17) is 0 Å². The fraction of sp³-hybridized carbons (Fsp3) is 0.786. The predicted molar refractivity (Wildman–Crippen MR) is 77.8 cm³/mol. The SMILES string of the molecule is CNC(=O)CCN(C)C(=O)NCC1CCCCC1C(=O)O. The summed E-state index contributed by atoms with van der Waals surface area (Å²) in [6.07, 6.45) is 3.72. The molecule has 3 amide bonds. The summed E-state index contributed by atoms with van der Waals surface area (Å²) < 4.78 is 0. The van der Waals surface area contributed by atoms with E-state index in [0.717, 1.165) is 19.3 Å². The maximum Gasteiger partial charge on any atom is 0.317 e. The second kappa shape index (κ2) is 8.49. The fourth-order valence-electron chi connectivity index (χ4n) is 2.63. The number of carbonyl (C=O) groups excluding carboxylic acids is 2. The first-order valence-electron chi connectivity index (χ1n) is 7.38. The van der Waals surface area contributed by atoms with Gasteiger partial charge in [0.15, 0.2) is 0 Å². The number of hydrogen-bond acceptors (Lipinski definition) is 3. The molecule has 7 nitrogen and oxygen atoms in total. The number of amides is 3. The van der Waals surface area contributed by atoms with Crippen LogP contribution >= 0.6 is 0 Å². The van der Waals surface area contributed by atoms with E-state index in [-0.39, 0.29) is 30.2 Å². The Labute approximate surface area is 125 Å². The summed E-state index contributed by atoms with van der Waals surface area (Å²) in [5.74, 6) is -1.27. The lowest BCUT2D eigenvalue weighted by Crippen LogP contribution is -2.43. The summed E-state index contributed by atoms with van der Waals surface area (Å²) in [6, 6.07) is -0.270. The minimum absolute atomic E-state index is 0.00691. The Morgan fingerprint density at radius 1 is 1.24 bits per heavy atom. The first-order valence-corrected chi connectivity index (χ1v) is 7.38. The van der Waals surface area contributed by atoms with Gasteiger partial charge in [-0.1, -0.05) is 12.8 Å². The van der Waals surface area contributed by atoms with E-state index in [1.54, 1.807) is 14.1 Å². The van der Waals surface area contributed by atoms with E-state index in [2.05, 4.69) is 10.6 Å². The summed E-state index contributed by atoms with van der Waals surface area (Å²) in [5, 5.41) is 14.5. The zero-order valence-electron chi connectivity index (χ0n) is 12.7. The van der Waals surface area contributed by atoms with Gasteiger partial charge >= 0.3 is 12.0 Å². The number of carboxylic acids is 1. The number of urea groups is 1. The van der Waals surface area contributed by atoms with Crippen LogP contribution in [0.5, 0.6) is 0 Å². The van der Waals surface area contributed by atoms with Gasteiger partial charge in [-0.2, -0.15) is 0 Å². The number of carbonyl (C=O) groups is 3. The third-order valence-corrected chi connectivity index (χ3v) is 4.04. The number of rotatable bonds is 6. The Hall–Kier alpha value is -1.79. The molecule has 3 N–H and O–H groups in total. The van der Waals surface area contributed by atoms with Crippen LogP contribution in [-0.2, 0) is 9.59 Å². The van der Waals surface area contributed by atoms with Gasteiger partial charge in [0.1, 0.15) is 0 Å². The number of hydrogen-bond donors (Lipinski definition) is 3. The normalized spacial score (nSPS) is 21.4. The molecule has 21 heavy (non-hydrogen) atoms. The number of nitrogens with zero attached hydrogens (tertiary/aromatic N) is 1. The molecule has 1 fully saturated rings. The van der Waals surface area contributed by atoms with Crippen LogP contribution in [0.25, 0.3) is 0 Å². The maximum atomic E-state index is 11.9. The molecule has 1 saturated carbocycles. The van der Waals surface area contributed by atoms with Crippen molar-refractivity contribution in [2.24, 2.45) is 11.8 Å². The van der Waals surface area contributed by atoms with Crippen LogP contribution in [0.15, 0.2) is 0 Å². The fourth-order valence-corrected chi connectivity index (χ4v) is 2.63. The zero-order chi connectivity index (χ0) is 15.8. The van der Waals surface area contributed by atoms with Crippen molar-refractivity contribution in [1.29, 1.82) is 0 Å². The Balaban J connectivity index is 2.36. The van der Waals surface area contributed by atoms with Gasteiger partial charge in [0.2, 0.25) is 5.91 Å². The molecule has 120 valence electrons. The standard InChI is InChI=1S/C14H25N3O4/c1-15-12(18)7-8-17(2)14(21)16-9-10-5-3-4-6-11(10)13(19)20/h10-11H,3-9H2,1-2H3,(H,15,18)(H,16,21)(H,19,20). The number of nitrogens with one attached hydrogen (secondary N) is 2. The van der Waals surface area contributed by atoms with Crippen molar-refractivity contribution < 1.29 is 19.5 Å². The van der Waals surface area contributed by atoms with Crippen molar-refractivity contribution in [3.63, 3.8) is 0 Å². The van der Waals surface area contributed by atoms with Gasteiger partial charge in [-0.15, -0.1) is 0 Å². The first kappa shape index (κ1) is 17.3. The van der Waals surface area contributed by atoms with Crippen LogP contribution in [0.1, 0.15) is 32.1 Å². The van der Waals surface area contributed by atoms with Gasteiger partial charge in [-0.3, -0.25) is 9.59 Å². The topological polar surface area (TPSA) is 98.7 Å². The lowest BCUT2D eigenvalue weighted by molar-refractivity contribution is -0.144. The van der Waals surface area contributed by atoms with Crippen LogP contribution in [0.2, 0.25) is 0 Å². The van der Waals surface area contributed by atoms with Gasteiger partial charge in [0.25, 0.3) is 0 Å². The maximum absolute atomic E-state index is 11.9. The van der Waals surface area contributed by atoms with Crippen LogP contribution < -0.4 is 10.6 Å². The average Bonchev–Trinajstić information content (AvgIpc) is 2.49. The van der Waals surface area contributed by atoms with Crippen molar-refractivity contribution >= 4 is 17.9 Å². The van der Waals surface area contributed by atoms with E-state index in [9.17, 15) is 19.5 Å². The van der Waals surface area contributed by atoms with Gasteiger partial charge < -0.3 is 20.6 Å². The highest BCUT2D eigenvalue weighted by atomic mass is 16.4. The molecule has 0 bridgehead atoms. The Morgan fingerprint density at radius 2 is 1.90 bits per heavy atom. The molecule has 0 aromatic rings. The number of carboxylic acid groups (broad SMARTS) is 1. The molecule has 0 heterocycles. The van der Waals surface area contributed by atoms with Gasteiger partial charge in [0.05, 0.1) is 5.92 Å². The first-order chi connectivity index (χ1) is 9.95. The highest BCUT2D eigenvalue weighted by molar-refractivity contribution is 5.78. The molecule has 0 spiro atoms. The molecule has 0 aliphatic heterocycles. The summed E-state index contributed by atoms with van der Waals surface area (Å²) in [4.78, 5) is 35.7. The second-order valence-corrected chi connectivity index (χ2v) is 5.52. The van der Waals surface area contributed by atoms with E-state index < -0.39 is 5.97 Å². The van der Waals surface area contributed by atoms with Gasteiger partial charge in [-0.05, 0) is 18.8 Å². The van der Waals surface area contributed by atoms with Crippen molar-refractivity contribution in [2.75, 3.05) is 27.2 Å². The van der Waals surface area contributed by atoms with Crippen molar-refractivity contribution in [1.82, 2.24) is 15.5 Å². The van der Waals surface area contributed by atoms with Crippen LogP contribution in [-0.4, -0.2) is 55.1 Å². The molecule has 0 aromatic carbocycles. The molecule has 1 aliphatic carbocycles. The molecule has 2 atom stereocenters. The third kappa shape index (κ3) is 5.61. The highest BCUT2D eigenvalue weighted by Crippen LogP contribution is 2.29. The largest absolute Gasteiger partial charge is 0.481 e. The van der Waals surface area contributed by atoms with E-state index in [1.807, 2.05) is 0 Å². The smallest absolute Gasteiger partial charge is 0.317 e. The molecule has 1 rings (SSSR count). The van der Waals surface area contributed by atoms with Crippen molar-refractivity contribution in [2.45, 2.75) is 32.1 Å². The van der Waals surface area contributed by atoms with E-state index in [0.29, 0.717) is 19.5 Å². The summed E-state index contributed by atoms with van der Waals surface area (Å²) in [7, 11) is 3.17. The highest BCUT2D eigenvalue weighted by Gasteiger charge is 2.31. The summed E-state index contributed by atoms with van der Waals surface area (Å²) in [6.45, 7) is 0.707. The van der Waals surface area contributed by atoms with Crippen molar-refractivity contribution in [3.05, 3.63) is 0 Å². The Morgan fingerprint density at radius 3 is 2.52 bits per heavy atom. The molecule has 0 aromatic heterocycles. The van der Waals surface area contributed by atoms with Crippen LogP contribution in [0.4, 0.5) is 4.79 Å². The molecule has 0 radical (unpaired) electrons. The van der Waals surface area contributed by atoms with E-state index in [1.165, 1.54) is 4.90 Å². The number of aliphatic carboxylic acids is 1. The molecule has 1 aliphatic rings. The predicted octanol–water partition coefficient (Wildman–Crippen LogP) is 0.655. The molecular weight excluding hydrogens is 274 g/mol. The third-order valence-electron chi connectivity index (χ3n) is 4.04. The Kier molecular flexibility index (Phi) is 6.98. The monoisotopic (exact) mass is 299 g/mol. The van der Waals surface area contributed by atoms with Gasteiger partial charge in [0, 0.05) is 33.6 Å². The van der Waals surface area contributed by atoms with Crippen molar-refractivity contribution in [3.8, 4) is 0 Å². The molecule has 2 unspecified atom stereocenters. The second-order valence-electron chi connectivity index (χ2n) is 5.52. The van der Waals surface area contributed by atoms with E-state index >= 15 is 0 Å². The summed E-state index contributed by atoms with van der Waals surface area (Å²) >= 11 is 0. The Bertz CT molecular complexity index is 386. The average molecular weight is 299 g/mol. The minimum atomic E-state index is -0.776. The van der Waals surface area contributed by atoms with Gasteiger partial charge in [-0.25, -0.2) is 4.79 Å². The quantitative estimate of drug-likeness (QED) is 0.671. The van der Waals surface area contributed by atoms with Crippen LogP contribution in [0, 0.1) is 11.8 Å². The molecule has 0 saturated heterocycles. The minimum Gasteiger partial charge on any atom is -0.481 e. The molecule has 7 heteroatoms. The van der Waals surface area contributed by atoms with Crippen LogP contribution in [0.3, 0.4) is 0 Å². The lowest BCUT2D eigenvalue weighted by atomic mass is 9.79. The molecular formula is C14H25N3O4. The zero-order valence-corrected chi connectivity index (χ0v) is 12.7. The summed E-state index contributed by atoms with van der Waals surface area (Å²) in [5.41, 5.74) is 0. The lowest BCUT2D eigenvalue weighted by Gasteiger charge is -2.29.